The molecule has 4 nitrogen and oxygen atoms in total. The maximum Gasteiger partial charge on any atom is 0.0619 e. The number of hydrogen-bond donors (Lipinski definition) is 2. The Hall–Kier alpha value is -0.160. The van der Waals surface area contributed by atoms with E-state index in [2.05, 4.69) is 11.8 Å². The Morgan fingerprint density at radius 3 is 2.93 bits per heavy atom. The summed E-state index contributed by atoms with van der Waals surface area (Å²) < 4.78 is 5.45. The van der Waals surface area contributed by atoms with E-state index in [0.29, 0.717) is 6.04 Å². The second-order valence-corrected chi connectivity index (χ2v) is 4.12. The Morgan fingerprint density at radius 2 is 2.36 bits per heavy atom. The second kappa shape index (κ2) is 5.66. The van der Waals surface area contributed by atoms with Crippen molar-refractivity contribution >= 4 is 0 Å². The van der Waals surface area contributed by atoms with E-state index in [1.54, 1.807) is 0 Å². The van der Waals surface area contributed by atoms with Gasteiger partial charge in [-0.25, -0.2) is 0 Å². The molecule has 1 saturated heterocycles. The van der Waals surface area contributed by atoms with E-state index in [1.165, 1.54) is 0 Å². The molecular formula is C10H22N2O2. The van der Waals surface area contributed by atoms with E-state index < -0.39 is 0 Å². The number of ether oxygens (including phenoxy) is 1. The minimum Gasteiger partial charge on any atom is -0.395 e. The molecule has 1 rings (SSSR count). The third-order valence-electron chi connectivity index (χ3n) is 2.85. The van der Waals surface area contributed by atoms with Gasteiger partial charge in [0.1, 0.15) is 0 Å². The van der Waals surface area contributed by atoms with Crippen molar-refractivity contribution in [1.82, 2.24) is 4.90 Å². The summed E-state index contributed by atoms with van der Waals surface area (Å²) in [6.45, 7) is 6.72. The molecule has 0 radical (unpaired) electrons. The largest absolute Gasteiger partial charge is 0.395 e. The zero-order valence-corrected chi connectivity index (χ0v) is 9.15. The van der Waals surface area contributed by atoms with Crippen molar-refractivity contribution in [2.75, 3.05) is 26.4 Å². The van der Waals surface area contributed by atoms with Crippen molar-refractivity contribution in [3.8, 4) is 0 Å². The lowest BCUT2D eigenvalue weighted by atomic mass is 10.1. The molecule has 3 N–H and O–H groups in total. The van der Waals surface area contributed by atoms with Crippen LogP contribution >= 0.6 is 0 Å². The van der Waals surface area contributed by atoms with Gasteiger partial charge in [0, 0.05) is 31.3 Å². The zero-order valence-electron chi connectivity index (χ0n) is 9.15. The highest BCUT2D eigenvalue weighted by atomic mass is 16.5. The molecular weight excluding hydrogens is 180 g/mol. The number of nitrogens with two attached hydrogens (primary N) is 1. The topological polar surface area (TPSA) is 58.7 Å². The van der Waals surface area contributed by atoms with Gasteiger partial charge >= 0.3 is 0 Å². The average Bonchev–Trinajstić information content (AvgIpc) is 2.33. The van der Waals surface area contributed by atoms with Crippen LogP contribution in [-0.4, -0.2) is 54.5 Å². The number of aliphatic hydroxyl groups excluding tert-OH is 1. The van der Waals surface area contributed by atoms with Crippen LogP contribution in [0.3, 0.4) is 0 Å². The number of aliphatic hydroxyl groups is 1. The van der Waals surface area contributed by atoms with Crippen LogP contribution in [0.25, 0.3) is 0 Å². The summed E-state index contributed by atoms with van der Waals surface area (Å²) in [6.07, 6.45) is 1.02. The van der Waals surface area contributed by atoms with Crippen LogP contribution < -0.4 is 5.73 Å². The van der Waals surface area contributed by atoms with Crippen molar-refractivity contribution < 1.29 is 9.84 Å². The standard InChI is InChI=1S/C10H22N2O2/c1-8-7-14-5-3-4-12(8)10(6-13)9(2)11/h8-10,13H,3-7,11H2,1-2H3. The van der Waals surface area contributed by atoms with Gasteiger partial charge in [-0.05, 0) is 20.3 Å². The molecule has 0 amide bonds. The van der Waals surface area contributed by atoms with Crippen molar-refractivity contribution in [3.05, 3.63) is 0 Å². The summed E-state index contributed by atoms with van der Waals surface area (Å²) in [5.74, 6) is 0. The molecule has 0 aromatic carbocycles. The Morgan fingerprint density at radius 1 is 1.64 bits per heavy atom. The van der Waals surface area contributed by atoms with Gasteiger partial charge in [0.05, 0.1) is 13.2 Å². The van der Waals surface area contributed by atoms with E-state index in [4.69, 9.17) is 10.5 Å². The molecule has 1 aliphatic rings. The highest BCUT2D eigenvalue weighted by molar-refractivity contribution is 4.83. The van der Waals surface area contributed by atoms with E-state index >= 15 is 0 Å². The summed E-state index contributed by atoms with van der Waals surface area (Å²) >= 11 is 0. The van der Waals surface area contributed by atoms with Crippen LogP contribution in [0.15, 0.2) is 0 Å². The van der Waals surface area contributed by atoms with Gasteiger partial charge in [-0.2, -0.15) is 0 Å². The Balaban J connectivity index is 2.60. The third-order valence-corrected chi connectivity index (χ3v) is 2.85. The number of hydrogen-bond acceptors (Lipinski definition) is 4. The predicted octanol–water partition coefficient (Wildman–Crippen LogP) is -0.195. The average molecular weight is 202 g/mol. The van der Waals surface area contributed by atoms with Crippen molar-refractivity contribution in [2.24, 2.45) is 5.73 Å². The van der Waals surface area contributed by atoms with E-state index in [0.717, 1.165) is 26.2 Å². The van der Waals surface area contributed by atoms with E-state index in [-0.39, 0.29) is 18.7 Å². The monoisotopic (exact) mass is 202 g/mol. The summed E-state index contributed by atoms with van der Waals surface area (Å²) in [6, 6.07) is 0.410. The van der Waals surface area contributed by atoms with Crippen LogP contribution in [0.4, 0.5) is 0 Å². The van der Waals surface area contributed by atoms with Gasteiger partial charge in [-0.15, -0.1) is 0 Å². The maximum absolute atomic E-state index is 9.30. The molecule has 0 aromatic heterocycles. The van der Waals surface area contributed by atoms with E-state index in [9.17, 15) is 5.11 Å². The molecule has 0 aromatic rings. The first-order chi connectivity index (χ1) is 6.66. The highest BCUT2D eigenvalue weighted by Crippen LogP contribution is 2.12. The Kier molecular flexibility index (Phi) is 4.81. The molecule has 1 fully saturated rings. The van der Waals surface area contributed by atoms with Crippen molar-refractivity contribution in [2.45, 2.75) is 38.4 Å². The molecule has 0 saturated carbocycles. The summed E-state index contributed by atoms with van der Waals surface area (Å²) in [5.41, 5.74) is 5.85. The van der Waals surface area contributed by atoms with Gasteiger partial charge in [0.2, 0.25) is 0 Å². The lowest BCUT2D eigenvalue weighted by molar-refractivity contribution is 0.0558. The Labute approximate surface area is 86.0 Å². The quantitative estimate of drug-likeness (QED) is 0.666. The molecule has 3 atom stereocenters. The predicted molar refractivity (Wildman–Crippen MR) is 56.1 cm³/mol. The first-order valence-electron chi connectivity index (χ1n) is 5.36. The summed E-state index contributed by atoms with van der Waals surface area (Å²) in [7, 11) is 0. The first kappa shape index (κ1) is 11.9. The Bertz CT molecular complexity index is 164. The normalized spacial score (nSPS) is 29.6. The first-order valence-corrected chi connectivity index (χ1v) is 5.36. The van der Waals surface area contributed by atoms with Gasteiger partial charge < -0.3 is 15.6 Å². The molecule has 84 valence electrons. The van der Waals surface area contributed by atoms with Crippen LogP contribution in [0.5, 0.6) is 0 Å². The summed E-state index contributed by atoms with van der Waals surface area (Å²) in [5, 5.41) is 9.30. The minimum absolute atomic E-state index is 0.000509. The van der Waals surface area contributed by atoms with Gasteiger partial charge in [0.25, 0.3) is 0 Å². The number of nitrogens with zero attached hydrogens (tertiary/aromatic N) is 1. The van der Waals surface area contributed by atoms with E-state index in [1.807, 2.05) is 6.92 Å². The van der Waals surface area contributed by atoms with Gasteiger partial charge in [0.15, 0.2) is 0 Å². The maximum atomic E-state index is 9.30. The zero-order chi connectivity index (χ0) is 10.6. The molecule has 4 heteroatoms. The van der Waals surface area contributed by atoms with Gasteiger partial charge in [-0.3, -0.25) is 4.90 Å². The lowest BCUT2D eigenvalue weighted by Gasteiger charge is -2.35. The van der Waals surface area contributed by atoms with Crippen LogP contribution in [0, 0.1) is 0 Å². The van der Waals surface area contributed by atoms with Crippen molar-refractivity contribution in [1.29, 1.82) is 0 Å². The smallest absolute Gasteiger partial charge is 0.0619 e. The fraction of sp³-hybridized carbons (Fsp3) is 1.00. The lowest BCUT2D eigenvalue weighted by Crippen LogP contribution is -2.53. The molecule has 0 aliphatic carbocycles. The third kappa shape index (κ3) is 2.92. The fourth-order valence-electron chi connectivity index (χ4n) is 1.99. The van der Waals surface area contributed by atoms with Crippen LogP contribution in [0.1, 0.15) is 20.3 Å². The number of rotatable bonds is 3. The summed E-state index contributed by atoms with van der Waals surface area (Å²) in [4.78, 5) is 2.26. The highest BCUT2D eigenvalue weighted by Gasteiger charge is 2.27. The molecule has 3 unspecified atom stereocenters. The molecule has 0 spiro atoms. The molecule has 0 bridgehead atoms. The fourth-order valence-corrected chi connectivity index (χ4v) is 1.99. The van der Waals surface area contributed by atoms with Gasteiger partial charge in [-0.1, -0.05) is 0 Å². The van der Waals surface area contributed by atoms with Crippen LogP contribution in [0.2, 0.25) is 0 Å². The SMILES string of the molecule is CC(N)C(CO)N1CCCOCC1C. The molecule has 14 heavy (non-hydrogen) atoms. The molecule has 1 aliphatic heterocycles. The van der Waals surface area contributed by atoms with Crippen molar-refractivity contribution in [3.63, 3.8) is 0 Å². The second-order valence-electron chi connectivity index (χ2n) is 4.12. The minimum atomic E-state index is 0.000509. The van der Waals surface area contributed by atoms with Crippen LogP contribution in [-0.2, 0) is 4.74 Å². The molecule has 1 heterocycles.